The Morgan fingerprint density at radius 3 is 2.39 bits per heavy atom. The zero-order chi connectivity index (χ0) is 29.5. The van der Waals surface area contributed by atoms with Crippen LogP contribution >= 0.6 is 11.8 Å². The molecular formula is C27H36O13S. The lowest BCUT2D eigenvalue weighted by molar-refractivity contribution is -0.479. The molecule has 41 heavy (non-hydrogen) atoms. The molecule has 0 aliphatic carbocycles. The summed E-state index contributed by atoms with van der Waals surface area (Å²) in [6, 6.07) is 9.11. The fourth-order valence-corrected chi connectivity index (χ4v) is 6.44. The third-order valence-electron chi connectivity index (χ3n) is 7.18. The van der Waals surface area contributed by atoms with E-state index in [9.17, 15) is 19.8 Å². The molecule has 4 aliphatic heterocycles. The predicted octanol–water partition coefficient (Wildman–Crippen LogP) is 1.34. The van der Waals surface area contributed by atoms with Crippen molar-refractivity contribution in [2.24, 2.45) is 0 Å². The first-order valence-corrected chi connectivity index (χ1v) is 14.5. The molecule has 228 valence electrons. The molecule has 14 heteroatoms. The average Bonchev–Trinajstić information content (AvgIpc) is 3.24. The van der Waals surface area contributed by atoms with E-state index in [1.165, 1.54) is 32.5 Å². The second-order valence-electron chi connectivity index (χ2n) is 10.4. The highest BCUT2D eigenvalue weighted by molar-refractivity contribution is 7.99. The summed E-state index contributed by atoms with van der Waals surface area (Å²) in [5.74, 6) is -5.10. The molecule has 4 fully saturated rings. The molecule has 0 amide bonds. The van der Waals surface area contributed by atoms with Gasteiger partial charge in [0.05, 0.1) is 12.7 Å². The highest BCUT2D eigenvalue weighted by Crippen LogP contribution is 2.47. The fourth-order valence-electron chi connectivity index (χ4n) is 5.52. The first-order chi connectivity index (χ1) is 19.4. The Kier molecular flexibility index (Phi) is 8.98. The Labute approximate surface area is 241 Å². The lowest BCUT2D eigenvalue weighted by Gasteiger charge is -2.53. The molecule has 0 bridgehead atoms. The van der Waals surface area contributed by atoms with Crippen LogP contribution < -0.4 is 0 Å². The maximum absolute atomic E-state index is 12.1. The van der Waals surface area contributed by atoms with Crippen LogP contribution in [0.3, 0.4) is 0 Å². The van der Waals surface area contributed by atoms with E-state index in [1.54, 1.807) is 6.92 Å². The molecule has 4 aliphatic rings. The van der Waals surface area contributed by atoms with E-state index in [4.69, 9.17) is 42.6 Å². The number of aliphatic hydroxyl groups is 2. The van der Waals surface area contributed by atoms with Gasteiger partial charge in [0.2, 0.25) is 5.79 Å². The van der Waals surface area contributed by atoms with Crippen LogP contribution in [0, 0.1) is 0 Å². The van der Waals surface area contributed by atoms with Crippen molar-refractivity contribution >= 4 is 23.7 Å². The molecule has 4 heterocycles. The predicted molar refractivity (Wildman–Crippen MR) is 139 cm³/mol. The summed E-state index contributed by atoms with van der Waals surface area (Å²) in [7, 11) is 0. The number of hydrogen-bond donors (Lipinski definition) is 2. The number of carbonyl (C=O) groups excluding carboxylic acids is 2. The molecule has 5 rings (SSSR count). The van der Waals surface area contributed by atoms with Gasteiger partial charge in [-0.2, -0.15) is 0 Å². The lowest BCUT2D eigenvalue weighted by atomic mass is 9.94. The third kappa shape index (κ3) is 6.13. The SMILES string of the molecule is CCS[C@@H]1O[C@@H]2COC(c3ccccc3)O[C@H]2[C@@](O)(OC2(C)O[C@H]3O[C@@H](C)[C@H](OC(C)=O)[C@@H](OC(C)=O)[C@H]3O2)[C@H]1O. The first-order valence-electron chi connectivity index (χ1n) is 13.5. The van der Waals surface area contributed by atoms with Gasteiger partial charge < -0.3 is 43.4 Å². The van der Waals surface area contributed by atoms with Crippen molar-refractivity contribution in [3.8, 4) is 0 Å². The third-order valence-corrected chi connectivity index (χ3v) is 8.21. The highest BCUT2D eigenvalue weighted by atomic mass is 32.2. The second-order valence-corrected chi connectivity index (χ2v) is 11.7. The van der Waals surface area contributed by atoms with E-state index in [0.717, 1.165) is 0 Å². The first kappa shape index (κ1) is 30.6. The van der Waals surface area contributed by atoms with Gasteiger partial charge in [-0.3, -0.25) is 19.1 Å². The zero-order valence-corrected chi connectivity index (χ0v) is 24.2. The number of ether oxygens (including phenoxy) is 9. The maximum atomic E-state index is 12.1. The molecule has 2 unspecified atom stereocenters. The van der Waals surface area contributed by atoms with Crippen LogP contribution in [0.4, 0.5) is 0 Å². The van der Waals surface area contributed by atoms with Crippen molar-refractivity contribution in [1.29, 1.82) is 0 Å². The Morgan fingerprint density at radius 2 is 1.73 bits per heavy atom. The number of thioether (sulfide) groups is 1. The van der Waals surface area contributed by atoms with Crippen LogP contribution in [0.25, 0.3) is 0 Å². The normalized spacial score (nSPS) is 44.0. The Balaban J connectivity index is 1.43. The zero-order valence-electron chi connectivity index (χ0n) is 23.4. The van der Waals surface area contributed by atoms with E-state index in [0.29, 0.717) is 11.3 Å². The quantitative estimate of drug-likeness (QED) is 0.341. The number of esters is 2. The van der Waals surface area contributed by atoms with Gasteiger partial charge in [-0.1, -0.05) is 37.3 Å². The monoisotopic (exact) mass is 600 g/mol. The van der Waals surface area contributed by atoms with Crippen molar-refractivity contribution in [3.63, 3.8) is 0 Å². The molecule has 0 aromatic heterocycles. The fraction of sp³-hybridized carbons (Fsp3) is 0.704. The van der Waals surface area contributed by atoms with Crippen LogP contribution in [0.5, 0.6) is 0 Å². The van der Waals surface area contributed by atoms with E-state index in [2.05, 4.69) is 0 Å². The molecule has 1 aromatic rings. The smallest absolute Gasteiger partial charge is 0.303 e. The van der Waals surface area contributed by atoms with Crippen LogP contribution in [0.15, 0.2) is 30.3 Å². The second kappa shape index (κ2) is 12.0. The number of aliphatic hydroxyl groups excluding tert-OH is 1. The number of benzene rings is 1. The highest BCUT2D eigenvalue weighted by Gasteiger charge is 2.66. The van der Waals surface area contributed by atoms with Gasteiger partial charge in [-0.15, -0.1) is 11.8 Å². The molecule has 2 N–H and O–H groups in total. The van der Waals surface area contributed by atoms with Gasteiger partial charge in [0, 0.05) is 26.3 Å². The Hall–Kier alpha value is -1.85. The minimum absolute atomic E-state index is 0.0479. The van der Waals surface area contributed by atoms with Gasteiger partial charge in [-0.25, -0.2) is 0 Å². The van der Waals surface area contributed by atoms with E-state index >= 15 is 0 Å². The number of fused-ring (bicyclic) bond motifs is 2. The topological polar surface area (TPSA) is 158 Å². The minimum Gasteiger partial charge on any atom is -0.456 e. The summed E-state index contributed by atoms with van der Waals surface area (Å²) >= 11 is 1.27. The van der Waals surface area contributed by atoms with E-state index < -0.39 is 84.4 Å². The van der Waals surface area contributed by atoms with Gasteiger partial charge in [0.1, 0.15) is 23.7 Å². The summed E-state index contributed by atoms with van der Waals surface area (Å²) in [6.07, 6.45) is -9.59. The molecule has 1 aromatic carbocycles. The minimum atomic E-state index is -2.41. The van der Waals surface area contributed by atoms with Crippen molar-refractivity contribution in [3.05, 3.63) is 35.9 Å². The average molecular weight is 601 g/mol. The largest absolute Gasteiger partial charge is 0.456 e. The van der Waals surface area contributed by atoms with Crippen LogP contribution in [-0.2, 0) is 52.2 Å². The number of rotatable bonds is 7. The van der Waals surface area contributed by atoms with E-state index in [-0.39, 0.29) is 6.61 Å². The number of hydrogen-bond acceptors (Lipinski definition) is 14. The molecule has 13 nitrogen and oxygen atoms in total. The van der Waals surface area contributed by atoms with Gasteiger partial charge in [0.15, 0.2) is 30.9 Å². The molecule has 12 atom stereocenters. The van der Waals surface area contributed by atoms with E-state index in [1.807, 2.05) is 37.3 Å². The Bertz CT molecular complexity index is 1090. The summed E-state index contributed by atoms with van der Waals surface area (Å²) in [5.41, 5.74) is -0.195. The van der Waals surface area contributed by atoms with Gasteiger partial charge in [0.25, 0.3) is 5.97 Å². The molecule has 0 radical (unpaired) electrons. The molecule has 4 saturated heterocycles. The summed E-state index contributed by atoms with van der Waals surface area (Å²) in [5, 5.41) is 23.5. The van der Waals surface area contributed by atoms with Crippen LogP contribution in [0.2, 0.25) is 0 Å². The van der Waals surface area contributed by atoms with Crippen molar-refractivity contribution in [1.82, 2.24) is 0 Å². The molecular weight excluding hydrogens is 564 g/mol. The summed E-state index contributed by atoms with van der Waals surface area (Å²) < 4.78 is 53.1. The maximum Gasteiger partial charge on any atom is 0.303 e. The van der Waals surface area contributed by atoms with Gasteiger partial charge in [-0.05, 0) is 12.7 Å². The van der Waals surface area contributed by atoms with Crippen LogP contribution in [-0.4, -0.2) is 101 Å². The standard InChI is InChI=1S/C27H36O13S/c1-6-41-25-21(30)27(31,22-17(36-25)12-32-23(37-22)16-10-8-7-9-11-16)40-26(5)38-20-19(35-15(4)29)18(34-14(3)28)13(2)33-24(20)39-26/h7-11,13,17-25,30-31H,6,12H2,1-5H3/t13-,17+,18-,19+,20+,21-,22+,23?,24+,25-,26?,27-/m0/s1. The van der Waals surface area contributed by atoms with Crippen molar-refractivity contribution in [2.45, 2.75) is 107 Å². The lowest BCUT2D eigenvalue weighted by Crippen LogP contribution is -2.71. The summed E-state index contributed by atoms with van der Waals surface area (Å²) in [6.45, 7) is 7.39. The Morgan fingerprint density at radius 1 is 1.05 bits per heavy atom. The van der Waals surface area contributed by atoms with Gasteiger partial charge >= 0.3 is 11.9 Å². The van der Waals surface area contributed by atoms with Crippen molar-refractivity contribution < 1.29 is 62.4 Å². The number of carbonyl (C=O) groups is 2. The molecule has 0 saturated carbocycles. The summed E-state index contributed by atoms with van der Waals surface area (Å²) in [4.78, 5) is 23.7. The molecule has 0 spiro atoms. The van der Waals surface area contributed by atoms with Crippen LogP contribution in [0.1, 0.15) is 46.5 Å². The van der Waals surface area contributed by atoms with Crippen molar-refractivity contribution in [2.75, 3.05) is 12.4 Å².